The minimum Gasteiger partial charge on any atom is -0.374 e. The van der Waals surface area contributed by atoms with Crippen LogP contribution in [-0.4, -0.2) is 38.4 Å². The first-order chi connectivity index (χ1) is 10.7. The SMILES string of the molecule is O=C(NCc1sc2ccccc2c1Cl)NCC1CNCCO1. The number of carbonyl (C=O) groups is 1. The molecular weight excluding hydrogens is 322 g/mol. The number of urea groups is 1. The van der Waals surface area contributed by atoms with Gasteiger partial charge in [0.15, 0.2) is 0 Å². The Morgan fingerprint density at radius 2 is 2.27 bits per heavy atom. The van der Waals surface area contributed by atoms with Crippen molar-refractivity contribution in [3.8, 4) is 0 Å². The first kappa shape index (κ1) is 15.6. The van der Waals surface area contributed by atoms with Crippen molar-refractivity contribution in [2.24, 2.45) is 0 Å². The third kappa shape index (κ3) is 3.70. The maximum absolute atomic E-state index is 11.8. The molecule has 1 saturated heterocycles. The molecule has 0 radical (unpaired) electrons. The molecule has 5 nitrogen and oxygen atoms in total. The largest absolute Gasteiger partial charge is 0.374 e. The molecule has 1 aliphatic heterocycles. The molecule has 1 fully saturated rings. The molecule has 1 atom stereocenters. The van der Waals surface area contributed by atoms with Gasteiger partial charge in [-0.2, -0.15) is 0 Å². The summed E-state index contributed by atoms with van der Waals surface area (Å²) in [5, 5.41) is 10.6. The maximum Gasteiger partial charge on any atom is 0.315 e. The van der Waals surface area contributed by atoms with E-state index in [0.717, 1.165) is 33.1 Å². The van der Waals surface area contributed by atoms with E-state index in [1.165, 1.54) is 0 Å². The van der Waals surface area contributed by atoms with Crippen LogP contribution in [-0.2, 0) is 11.3 Å². The van der Waals surface area contributed by atoms with Gasteiger partial charge in [0.25, 0.3) is 0 Å². The van der Waals surface area contributed by atoms with Crippen LogP contribution in [0.2, 0.25) is 5.02 Å². The van der Waals surface area contributed by atoms with Crippen LogP contribution in [0.25, 0.3) is 10.1 Å². The first-order valence-electron chi connectivity index (χ1n) is 7.24. The molecular formula is C15H18ClN3O2S. The van der Waals surface area contributed by atoms with Gasteiger partial charge in [-0.1, -0.05) is 29.8 Å². The number of rotatable bonds is 4. The number of hydrogen-bond donors (Lipinski definition) is 3. The minimum atomic E-state index is -0.206. The van der Waals surface area contributed by atoms with Crippen molar-refractivity contribution in [3.05, 3.63) is 34.2 Å². The number of morpholine rings is 1. The molecule has 2 amide bonds. The van der Waals surface area contributed by atoms with Crippen LogP contribution in [0.4, 0.5) is 4.79 Å². The summed E-state index contributed by atoms with van der Waals surface area (Å²) in [4.78, 5) is 12.8. The Bertz CT molecular complexity index is 655. The average Bonchev–Trinajstić information content (AvgIpc) is 2.88. The molecule has 0 aliphatic carbocycles. The van der Waals surface area contributed by atoms with Crippen molar-refractivity contribution in [1.82, 2.24) is 16.0 Å². The summed E-state index contributed by atoms with van der Waals surface area (Å²) >= 11 is 7.95. The number of hydrogen-bond acceptors (Lipinski definition) is 4. The molecule has 3 rings (SSSR count). The van der Waals surface area contributed by atoms with Crippen LogP contribution in [0.5, 0.6) is 0 Å². The quantitative estimate of drug-likeness (QED) is 0.801. The van der Waals surface area contributed by atoms with Gasteiger partial charge in [0.2, 0.25) is 0 Å². The molecule has 118 valence electrons. The number of ether oxygens (including phenoxy) is 1. The number of fused-ring (bicyclic) bond motifs is 1. The van der Waals surface area contributed by atoms with Gasteiger partial charge in [0.1, 0.15) is 0 Å². The number of benzene rings is 1. The lowest BCUT2D eigenvalue weighted by Gasteiger charge is -2.23. The Hall–Kier alpha value is -1.34. The van der Waals surface area contributed by atoms with Gasteiger partial charge < -0.3 is 20.7 Å². The van der Waals surface area contributed by atoms with Crippen LogP contribution < -0.4 is 16.0 Å². The van der Waals surface area contributed by atoms with Crippen molar-refractivity contribution in [3.63, 3.8) is 0 Å². The fourth-order valence-electron chi connectivity index (χ4n) is 2.36. The fourth-order valence-corrected chi connectivity index (χ4v) is 3.80. The second-order valence-electron chi connectivity index (χ2n) is 5.10. The molecule has 0 spiro atoms. The zero-order chi connectivity index (χ0) is 15.4. The molecule has 1 aromatic carbocycles. The lowest BCUT2D eigenvalue weighted by Crippen LogP contribution is -2.47. The number of amides is 2. The summed E-state index contributed by atoms with van der Waals surface area (Å²) < 4.78 is 6.66. The maximum atomic E-state index is 11.8. The summed E-state index contributed by atoms with van der Waals surface area (Å²) in [7, 11) is 0. The smallest absolute Gasteiger partial charge is 0.315 e. The van der Waals surface area contributed by atoms with Gasteiger partial charge in [-0.15, -0.1) is 11.3 Å². The normalized spacial score (nSPS) is 18.3. The van der Waals surface area contributed by atoms with Crippen LogP contribution in [0.1, 0.15) is 4.88 Å². The highest BCUT2D eigenvalue weighted by Gasteiger charge is 2.15. The number of halogens is 1. The Balaban J connectivity index is 1.50. The van der Waals surface area contributed by atoms with E-state index in [0.29, 0.717) is 19.7 Å². The fraction of sp³-hybridized carbons (Fsp3) is 0.400. The highest BCUT2D eigenvalue weighted by Crippen LogP contribution is 2.34. The van der Waals surface area contributed by atoms with Crippen molar-refractivity contribution >= 4 is 39.1 Å². The van der Waals surface area contributed by atoms with E-state index in [1.54, 1.807) is 11.3 Å². The van der Waals surface area contributed by atoms with E-state index in [-0.39, 0.29) is 12.1 Å². The van der Waals surface area contributed by atoms with E-state index in [9.17, 15) is 4.79 Å². The van der Waals surface area contributed by atoms with Crippen LogP contribution in [0.3, 0.4) is 0 Å². The van der Waals surface area contributed by atoms with Crippen molar-refractivity contribution in [2.45, 2.75) is 12.6 Å². The van der Waals surface area contributed by atoms with Crippen molar-refractivity contribution in [1.29, 1.82) is 0 Å². The van der Waals surface area contributed by atoms with Crippen molar-refractivity contribution < 1.29 is 9.53 Å². The Kier molecular flexibility index (Phi) is 5.15. The zero-order valence-electron chi connectivity index (χ0n) is 12.0. The number of nitrogens with one attached hydrogen (secondary N) is 3. The second-order valence-corrected chi connectivity index (χ2v) is 6.61. The van der Waals surface area contributed by atoms with Crippen LogP contribution >= 0.6 is 22.9 Å². The molecule has 1 unspecified atom stereocenters. The number of thiophene rings is 1. The molecule has 1 aliphatic rings. The van der Waals surface area contributed by atoms with E-state index in [4.69, 9.17) is 16.3 Å². The van der Waals surface area contributed by atoms with E-state index >= 15 is 0 Å². The number of carbonyl (C=O) groups excluding carboxylic acids is 1. The highest BCUT2D eigenvalue weighted by atomic mass is 35.5. The molecule has 3 N–H and O–H groups in total. The van der Waals surface area contributed by atoms with Gasteiger partial charge in [-0.25, -0.2) is 4.79 Å². The lowest BCUT2D eigenvalue weighted by molar-refractivity contribution is 0.0307. The standard InChI is InChI=1S/C15H18ClN3O2S/c16-14-11-3-1-2-4-12(11)22-13(14)9-19-15(20)18-8-10-7-17-5-6-21-10/h1-4,10,17H,5-9H2,(H2,18,19,20). The Morgan fingerprint density at radius 1 is 1.41 bits per heavy atom. The van der Waals surface area contributed by atoms with Crippen LogP contribution in [0, 0.1) is 0 Å². The summed E-state index contributed by atoms with van der Waals surface area (Å²) in [6, 6.07) is 7.76. The molecule has 2 aromatic rings. The average molecular weight is 340 g/mol. The third-order valence-corrected chi connectivity index (χ3v) is 5.22. The summed E-state index contributed by atoms with van der Waals surface area (Å²) in [6.45, 7) is 3.24. The summed E-state index contributed by atoms with van der Waals surface area (Å²) in [5.74, 6) is 0. The molecule has 7 heteroatoms. The molecule has 0 bridgehead atoms. The van der Waals surface area contributed by atoms with E-state index < -0.39 is 0 Å². The van der Waals surface area contributed by atoms with Crippen LogP contribution in [0.15, 0.2) is 24.3 Å². The third-order valence-electron chi connectivity index (χ3n) is 3.51. The minimum absolute atomic E-state index is 0.0346. The molecule has 2 heterocycles. The van der Waals surface area contributed by atoms with E-state index in [1.807, 2.05) is 24.3 Å². The van der Waals surface area contributed by atoms with Gasteiger partial charge in [-0.3, -0.25) is 0 Å². The highest BCUT2D eigenvalue weighted by molar-refractivity contribution is 7.19. The van der Waals surface area contributed by atoms with Gasteiger partial charge in [-0.05, 0) is 6.07 Å². The molecule has 0 saturated carbocycles. The Morgan fingerprint density at radius 3 is 3.05 bits per heavy atom. The first-order valence-corrected chi connectivity index (χ1v) is 8.43. The Labute approximate surface area is 138 Å². The second kappa shape index (κ2) is 7.28. The molecule has 1 aromatic heterocycles. The summed E-state index contributed by atoms with van der Waals surface area (Å²) in [6.07, 6.45) is 0.0346. The topological polar surface area (TPSA) is 62.4 Å². The monoisotopic (exact) mass is 339 g/mol. The summed E-state index contributed by atoms with van der Waals surface area (Å²) in [5.41, 5.74) is 0. The van der Waals surface area contributed by atoms with E-state index in [2.05, 4.69) is 16.0 Å². The predicted molar refractivity (Wildman–Crippen MR) is 89.7 cm³/mol. The lowest BCUT2D eigenvalue weighted by atomic mass is 10.2. The van der Waals surface area contributed by atoms with Gasteiger partial charge in [0, 0.05) is 34.6 Å². The van der Waals surface area contributed by atoms with Gasteiger partial charge >= 0.3 is 6.03 Å². The van der Waals surface area contributed by atoms with Gasteiger partial charge in [0.05, 0.1) is 24.3 Å². The molecule has 22 heavy (non-hydrogen) atoms. The predicted octanol–water partition coefficient (Wildman–Crippen LogP) is 2.34. The van der Waals surface area contributed by atoms with Crippen molar-refractivity contribution in [2.75, 3.05) is 26.2 Å². The zero-order valence-corrected chi connectivity index (χ0v) is 13.6.